The summed E-state index contributed by atoms with van der Waals surface area (Å²) in [4.78, 5) is 8.34. The molecule has 21 heavy (non-hydrogen) atoms. The van der Waals surface area contributed by atoms with Crippen LogP contribution in [-0.4, -0.2) is 18.1 Å². The van der Waals surface area contributed by atoms with Crippen LogP contribution in [0.5, 0.6) is 0 Å². The predicted molar refractivity (Wildman–Crippen MR) is 91.8 cm³/mol. The van der Waals surface area contributed by atoms with Gasteiger partial charge in [-0.05, 0) is 36.9 Å². The molecule has 2 heterocycles. The van der Waals surface area contributed by atoms with E-state index < -0.39 is 0 Å². The Labute approximate surface area is 132 Å². The second kappa shape index (κ2) is 8.15. The van der Waals surface area contributed by atoms with Gasteiger partial charge in [0.15, 0.2) is 0 Å². The zero-order chi connectivity index (χ0) is 15.1. The van der Waals surface area contributed by atoms with E-state index in [4.69, 9.17) is 0 Å². The average molecular weight is 303 g/mol. The van der Waals surface area contributed by atoms with Gasteiger partial charge in [0, 0.05) is 29.7 Å². The van der Waals surface area contributed by atoms with E-state index in [1.54, 1.807) is 11.3 Å². The minimum Gasteiger partial charge on any atom is -0.351 e. The Bertz CT molecular complexity index is 523. The standard InChI is InChI=1S/C17H25N3S/c1-4-20(13-16-8-6-10-21-16)17-15(7-5-9-19-17)12-18-11-14(2)3/h5-10,14,18H,4,11-13H2,1-3H3. The molecule has 0 aliphatic carbocycles. The molecule has 0 saturated heterocycles. The summed E-state index contributed by atoms with van der Waals surface area (Å²) in [7, 11) is 0. The van der Waals surface area contributed by atoms with E-state index in [1.807, 2.05) is 12.3 Å². The van der Waals surface area contributed by atoms with Crippen molar-refractivity contribution in [3.63, 3.8) is 0 Å². The number of hydrogen-bond acceptors (Lipinski definition) is 4. The van der Waals surface area contributed by atoms with Gasteiger partial charge in [0.2, 0.25) is 0 Å². The summed E-state index contributed by atoms with van der Waals surface area (Å²) in [5.41, 5.74) is 1.27. The van der Waals surface area contributed by atoms with Gasteiger partial charge in [-0.15, -0.1) is 11.3 Å². The topological polar surface area (TPSA) is 28.2 Å². The van der Waals surface area contributed by atoms with Gasteiger partial charge >= 0.3 is 0 Å². The first-order valence-corrected chi connectivity index (χ1v) is 8.50. The van der Waals surface area contributed by atoms with Crippen LogP contribution in [0.15, 0.2) is 35.8 Å². The molecule has 1 N–H and O–H groups in total. The fourth-order valence-corrected chi connectivity index (χ4v) is 3.00. The van der Waals surface area contributed by atoms with Gasteiger partial charge in [-0.25, -0.2) is 4.98 Å². The molecule has 2 aromatic heterocycles. The molecule has 3 nitrogen and oxygen atoms in total. The molecule has 0 amide bonds. The summed E-state index contributed by atoms with van der Waals surface area (Å²) >= 11 is 1.80. The first kappa shape index (κ1) is 16.0. The van der Waals surface area contributed by atoms with Gasteiger partial charge in [0.05, 0.1) is 6.54 Å². The monoisotopic (exact) mass is 303 g/mol. The van der Waals surface area contributed by atoms with Crippen molar-refractivity contribution >= 4 is 17.2 Å². The van der Waals surface area contributed by atoms with E-state index in [-0.39, 0.29) is 0 Å². The third kappa shape index (κ3) is 4.83. The van der Waals surface area contributed by atoms with Crippen LogP contribution in [0, 0.1) is 5.92 Å². The van der Waals surface area contributed by atoms with Crippen LogP contribution in [0.4, 0.5) is 5.82 Å². The van der Waals surface area contributed by atoms with Crippen LogP contribution >= 0.6 is 11.3 Å². The Morgan fingerprint density at radius 1 is 1.29 bits per heavy atom. The SMILES string of the molecule is CCN(Cc1cccs1)c1ncccc1CNCC(C)C. The number of pyridine rings is 1. The van der Waals surface area contributed by atoms with Crippen molar-refractivity contribution in [2.24, 2.45) is 5.92 Å². The Morgan fingerprint density at radius 3 is 2.81 bits per heavy atom. The van der Waals surface area contributed by atoms with Crippen LogP contribution < -0.4 is 10.2 Å². The van der Waals surface area contributed by atoms with Gasteiger partial charge in [0.25, 0.3) is 0 Å². The average Bonchev–Trinajstić information content (AvgIpc) is 2.98. The van der Waals surface area contributed by atoms with Crippen LogP contribution in [0.25, 0.3) is 0 Å². The Hall–Kier alpha value is -1.39. The van der Waals surface area contributed by atoms with Crippen molar-refractivity contribution in [3.05, 3.63) is 46.3 Å². The summed E-state index contributed by atoms with van der Waals surface area (Å²) < 4.78 is 0. The summed E-state index contributed by atoms with van der Waals surface area (Å²) in [5, 5.41) is 5.65. The maximum atomic E-state index is 4.62. The number of nitrogens with one attached hydrogen (secondary N) is 1. The fraction of sp³-hybridized carbons (Fsp3) is 0.471. The maximum Gasteiger partial charge on any atom is 0.133 e. The highest BCUT2D eigenvalue weighted by Crippen LogP contribution is 2.21. The van der Waals surface area contributed by atoms with Crippen molar-refractivity contribution in [1.29, 1.82) is 0 Å². The number of anilines is 1. The fourth-order valence-electron chi connectivity index (χ4n) is 2.28. The second-order valence-electron chi connectivity index (χ2n) is 5.60. The second-order valence-corrected chi connectivity index (χ2v) is 6.64. The molecule has 0 aliphatic heterocycles. The quantitative estimate of drug-likeness (QED) is 0.801. The third-order valence-electron chi connectivity index (χ3n) is 3.34. The highest BCUT2D eigenvalue weighted by Gasteiger charge is 2.12. The first-order chi connectivity index (χ1) is 10.2. The minimum absolute atomic E-state index is 0.665. The molecule has 0 fully saturated rings. The molecule has 2 aromatic rings. The molecule has 2 rings (SSSR count). The molecule has 0 radical (unpaired) electrons. The van der Waals surface area contributed by atoms with Gasteiger partial charge in [-0.1, -0.05) is 26.0 Å². The number of aromatic nitrogens is 1. The summed E-state index contributed by atoms with van der Waals surface area (Å²) in [6.45, 7) is 10.5. The highest BCUT2D eigenvalue weighted by molar-refractivity contribution is 7.09. The van der Waals surface area contributed by atoms with E-state index >= 15 is 0 Å². The Kier molecular flexibility index (Phi) is 6.21. The lowest BCUT2D eigenvalue weighted by Gasteiger charge is -2.24. The minimum atomic E-state index is 0.665. The van der Waals surface area contributed by atoms with Crippen molar-refractivity contribution in [2.45, 2.75) is 33.9 Å². The first-order valence-electron chi connectivity index (χ1n) is 7.62. The van der Waals surface area contributed by atoms with Crippen molar-refractivity contribution < 1.29 is 0 Å². The smallest absolute Gasteiger partial charge is 0.133 e. The van der Waals surface area contributed by atoms with Gasteiger partial charge in [-0.3, -0.25) is 0 Å². The number of thiophene rings is 1. The van der Waals surface area contributed by atoms with E-state index in [0.717, 1.165) is 32.0 Å². The van der Waals surface area contributed by atoms with Gasteiger partial charge in [-0.2, -0.15) is 0 Å². The molecular formula is C17H25N3S. The highest BCUT2D eigenvalue weighted by atomic mass is 32.1. The Morgan fingerprint density at radius 2 is 2.14 bits per heavy atom. The molecule has 0 saturated carbocycles. The lowest BCUT2D eigenvalue weighted by atomic mass is 10.2. The lowest BCUT2D eigenvalue weighted by molar-refractivity contribution is 0.551. The van der Waals surface area contributed by atoms with E-state index in [1.165, 1.54) is 10.4 Å². The normalized spacial score (nSPS) is 11.0. The van der Waals surface area contributed by atoms with Crippen LogP contribution in [0.3, 0.4) is 0 Å². The van der Waals surface area contributed by atoms with Crippen LogP contribution in [0.2, 0.25) is 0 Å². The van der Waals surface area contributed by atoms with Crippen molar-refractivity contribution in [3.8, 4) is 0 Å². The molecule has 114 valence electrons. The molecular weight excluding hydrogens is 278 g/mol. The van der Waals surface area contributed by atoms with Crippen LogP contribution in [-0.2, 0) is 13.1 Å². The zero-order valence-electron chi connectivity index (χ0n) is 13.2. The summed E-state index contributed by atoms with van der Waals surface area (Å²) in [5.74, 6) is 1.77. The number of nitrogens with zero attached hydrogens (tertiary/aromatic N) is 2. The molecule has 0 bridgehead atoms. The third-order valence-corrected chi connectivity index (χ3v) is 4.20. The van der Waals surface area contributed by atoms with E-state index in [2.05, 4.69) is 59.6 Å². The van der Waals surface area contributed by atoms with Gasteiger partial charge < -0.3 is 10.2 Å². The maximum absolute atomic E-state index is 4.62. The largest absolute Gasteiger partial charge is 0.351 e. The summed E-state index contributed by atoms with van der Waals surface area (Å²) in [6.07, 6.45) is 1.89. The molecule has 0 atom stereocenters. The van der Waals surface area contributed by atoms with Crippen molar-refractivity contribution in [1.82, 2.24) is 10.3 Å². The lowest BCUT2D eigenvalue weighted by Crippen LogP contribution is -2.26. The molecule has 4 heteroatoms. The Balaban J connectivity index is 2.09. The molecule has 0 aliphatic rings. The van der Waals surface area contributed by atoms with Crippen molar-refractivity contribution in [2.75, 3.05) is 18.0 Å². The molecule has 0 aromatic carbocycles. The number of rotatable bonds is 8. The van der Waals surface area contributed by atoms with Gasteiger partial charge in [0.1, 0.15) is 5.82 Å². The van der Waals surface area contributed by atoms with E-state index in [0.29, 0.717) is 5.92 Å². The predicted octanol–water partition coefficient (Wildman–Crippen LogP) is 3.92. The number of hydrogen-bond donors (Lipinski definition) is 1. The zero-order valence-corrected chi connectivity index (χ0v) is 14.0. The van der Waals surface area contributed by atoms with Crippen LogP contribution in [0.1, 0.15) is 31.2 Å². The molecule has 0 spiro atoms. The summed E-state index contributed by atoms with van der Waals surface area (Å²) in [6, 6.07) is 8.49. The molecule has 0 unspecified atom stereocenters. The van der Waals surface area contributed by atoms with E-state index in [9.17, 15) is 0 Å².